The van der Waals surface area contributed by atoms with E-state index in [2.05, 4.69) is 19.2 Å². The zero-order chi connectivity index (χ0) is 21.1. The van der Waals surface area contributed by atoms with Crippen molar-refractivity contribution in [2.75, 3.05) is 13.1 Å². The Hall–Kier alpha value is -3.14. The van der Waals surface area contributed by atoms with Gasteiger partial charge in [-0.25, -0.2) is 0 Å². The van der Waals surface area contributed by atoms with Crippen molar-refractivity contribution in [3.8, 4) is 0 Å². The summed E-state index contributed by atoms with van der Waals surface area (Å²) in [7, 11) is 0. The van der Waals surface area contributed by atoms with Crippen LogP contribution in [-0.4, -0.2) is 35.8 Å². The van der Waals surface area contributed by atoms with Gasteiger partial charge < -0.3 is 10.2 Å². The zero-order valence-corrected chi connectivity index (χ0v) is 17.6. The van der Waals surface area contributed by atoms with Crippen molar-refractivity contribution in [2.45, 2.75) is 38.6 Å². The molecule has 0 spiro atoms. The summed E-state index contributed by atoms with van der Waals surface area (Å²) in [5, 5.41) is 5.20. The summed E-state index contributed by atoms with van der Waals surface area (Å²) in [4.78, 5) is 27.6. The minimum atomic E-state index is -0.0409. The number of hydrogen-bond acceptors (Lipinski definition) is 2. The topological polar surface area (TPSA) is 49.4 Å². The molecule has 4 nitrogen and oxygen atoms in total. The van der Waals surface area contributed by atoms with Crippen molar-refractivity contribution in [1.29, 1.82) is 0 Å². The highest BCUT2D eigenvalue weighted by Crippen LogP contribution is 2.21. The third kappa shape index (κ3) is 4.23. The van der Waals surface area contributed by atoms with Gasteiger partial charge in [0.2, 0.25) is 0 Å². The molecule has 1 N–H and O–H groups in total. The van der Waals surface area contributed by atoms with Crippen LogP contribution in [0.25, 0.3) is 10.8 Å². The van der Waals surface area contributed by atoms with Gasteiger partial charge in [-0.2, -0.15) is 0 Å². The Labute approximate surface area is 177 Å². The van der Waals surface area contributed by atoms with Crippen molar-refractivity contribution in [3.05, 3.63) is 83.4 Å². The van der Waals surface area contributed by atoms with Crippen molar-refractivity contribution < 1.29 is 9.59 Å². The average molecular weight is 401 g/mol. The van der Waals surface area contributed by atoms with Gasteiger partial charge in [-0.3, -0.25) is 9.59 Å². The Morgan fingerprint density at radius 3 is 2.27 bits per heavy atom. The van der Waals surface area contributed by atoms with E-state index in [4.69, 9.17) is 0 Å². The molecule has 4 rings (SSSR count). The third-order valence-electron chi connectivity index (χ3n) is 5.98. The highest BCUT2D eigenvalue weighted by molar-refractivity contribution is 6.07. The number of amides is 2. The van der Waals surface area contributed by atoms with Gasteiger partial charge in [-0.1, -0.05) is 62.4 Å². The molecule has 3 aromatic carbocycles. The second kappa shape index (κ2) is 8.70. The fraction of sp³-hybridized carbons (Fsp3) is 0.308. The van der Waals surface area contributed by atoms with Crippen LogP contribution < -0.4 is 5.32 Å². The van der Waals surface area contributed by atoms with Gasteiger partial charge in [0.05, 0.1) is 0 Å². The lowest BCUT2D eigenvalue weighted by atomic mass is 9.99. The van der Waals surface area contributed by atoms with Crippen LogP contribution in [0.1, 0.15) is 58.9 Å². The number of nitrogens with zero attached hydrogens (tertiary/aromatic N) is 1. The summed E-state index contributed by atoms with van der Waals surface area (Å²) >= 11 is 0. The van der Waals surface area contributed by atoms with Crippen LogP contribution in [-0.2, 0) is 0 Å². The molecule has 1 fully saturated rings. The van der Waals surface area contributed by atoms with Crippen LogP contribution >= 0.6 is 0 Å². The maximum absolute atomic E-state index is 12.9. The number of rotatable bonds is 4. The predicted octanol–water partition coefficient (Wildman–Crippen LogP) is 5.00. The smallest absolute Gasteiger partial charge is 0.253 e. The van der Waals surface area contributed by atoms with E-state index in [0.29, 0.717) is 24.6 Å². The number of carbonyl (C=O) groups is 2. The Kier molecular flexibility index (Phi) is 5.84. The van der Waals surface area contributed by atoms with Gasteiger partial charge >= 0.3 is 0 Å². The first-order chi connectivity index (χ1) is 14.5. The lowest BCUT2D eigenvalue weighted by molar-refractivity contribution is 0.0698. The molecule has 0 unspecified atom stereocenters. The minimum Gasteiger partial charge on any atom is -0.349 e. The number of likely N-dealkylation sites (tertiary alicyclic amines) is 1. The van der Waals surface area contributed by atoms with Crippen molar-refractivity contribution in [2.24, 2.45) is 0 Å². The molecule has 0 bridgehead atoms. The van der Waals surface area contributed by atoms with Crippen LogP contribution in [0.15, 0.2) is 66.7 Å². The molecule has 2 amide bonds. The average Bonchev–Trinajstić information content (AvgIpc) is 2.78. The maximum Gasteiger partial charge on any atom is 0.253 e. The summed E-state index contributed by atoms with van der Waals surface area (Å²) < 4.78 is 0. The molecular formula is C26H28N2O2. The molecule has 1 aliphatic heterocycles. The molecule has 1 aliphatic rings. The van der Waals surface area contributed by atoms with Gasteiger partial charge in [0.1, 0.15) is 0 Å². The van der Waals surface area contributed by atoms with E-state index in [1.54, 1.807) is 0 Å². The van der Waals surface area contributed by atoms with E-state index in [1.807, 2.05) is 71.6 Å². The number of piperidine rings is 1. The zero-order valence-electron chi connectivity index (χ0n) is 17.6. The molecule has 154 valence electrons. The largest absolute Gasteiger partial charge is 0.349 e. The standard InChI is InChI=1S/C26H28N2O2/c1-18(2)19-10-12-21(13-11-19)26(30)28-16-14-22(15-17-28)27-25(29)24-9-5-7-20-6-3-4-8-23(20)24/h3-13,18,22H,14-17H2,1-2H3,(H,27,29). The molecule has 4 heteroatoms. The highest BCUT2D eigenvalue weighted by atomic mass is 16.2. The number of carbonyl (C=O) groups excluding carboxylic acids is 2. The first-order valence-corrected chi connectivity index (χ1v) is 10.7. The summed E-state index contributed by atoms with van der Waals surface area (Å²) in [6.45, 7) is 5.61. The van der Waals surface area contributed by atoms with E-state index in [0.717, 1.165) is 29.2 Å². The molecule has 0 radical (unpaired) electrons. The molecule has 30 heavy (non-hydrogen) atoms. The number of benzene rings is 3. The van der Waals surface area contributed by atoms with Crippen molar-refractivity contribution >= 4 is 22.6 Å². The summed E-state index contributed by atoms with van der Waals surface area (Å²) in [5.74, 6) is 0.486. The van der Waals surface area contributed by atoms with Gasteiger partial charge in [-0.15, -0.1) is 0 Å². The first-order valence-electron chi connectivity index (χ1n) is 10.7. The van der Waals surface area contributed by atoms with Crippen LogP contribution in [0.5, 0.6) is 0 Å². The molecule has 1 heterocycles. The van der Waals surface area contributed by atoms with E-state index >= 15 is 0 Å². The van der Waals surface area contributed by atoms with E-state index in [-0.39, 0.29) is 17.9 Å². The summed E-state index contributed by atoms with van der Waals surface area (Å²) in [6.07, 6.45) is 1.54. The van der Waals surface area contributed by atoms with Crippen LogP contribution in [0, 0.1) is 0 Å². The fourth-order valence-corrected chi connectivity index (χ4v) is 4.11. The normalized spacial score (nSPS) is 14.8. The second-order valence-electron chi connectivity index (χ2n) is 8.34. The first kappa shape index (κ1) is 20.1. The Balaban J connectivity index is 1.36. The highest BCUT2D eigenvalue weighted by Gasteiger charge is 2.25. The lowest BCUT2D eigenvalue weighted by Gasteiger charge is -2.32. The van der Waals surface area contributed by atoms with Gasteiger partial charge in [-0.05, 0) is 53.3 Å². The quantitative estimate of drug-likeness (QED) is 0.670. The van der Waals surface area contributed by atoms with Gasteiger partial charge in [0.15, 0.2) is 0 Å². The van der Waals surface area contributed by atoms with Gasteiger partial charge in [0.25, 0.3) is 11.8 Å². The number of fused-ring (bicyclic) bond motifs is 1. The SMILES string of the molecule is CC(C)c1ccc(C(=O)N2CCC(NC(=O)c3cccc4ccccc34)CC2)cc1. The second-order valence-corrected chi connectivity index (χ2v) is 8.34. The third-order valence-corrected chi connectivity index (χ3v) is 5.98. The van der Waals surface area contributed by atoms with Crippen LogP contribution in [0.4, 0.5) is 0 Å². The predicted molar refractivity (Wildman–Crippen MR) is 121 cm³/mol. The minimum absolute atomic E-state index is 0.0409. The fourth-order valence-electron chi connectivity index (χ4n) is 4.11. The lowest BCUT2D eigenvalue weighted by Crippen LogP contribution is -2.46. The molecule has 0 saturated carbocycles. The van der Waals surface area contributed by atoms with E-state index in [1.165, 1.54) is 5.56 Å². The molecule has 0 atom stereocenters. The number of nitrogens with one attached hydrogen (secondary N) is 1. The van der Waals surface area contributed by atoms with Gasteiger partial charge in [0, 0.05) is 30.3 Å². The van der Waals surface area contributed by atoms with E-state index in [9.17, 15) is 9.59 Å². The van der Waals surface area contributed by atoms with Crippen LogP contribution in [0.2, 0.25) is 0 Å². The maximum atomic E-state index is 12.9. The summed E-state index contributed by atoms with van der Waals surface area (Å²) in [6, 6.07) is 21.7. The molecule has 0 aliphatic carbocycles. The Bertz CT molecular complexity index is 1040. The Morgan fingerprint density at radius 1 is 0.900 bits per heavy atom. The number of hydrogen-bond donors (Lipinski definition) is 1. The monoisotopic (exact) mass is 400 g/mol. The van der Waals surface area contributed by atoms with Crippen molar-refractivity contribution in [1.82, 2.24) is 10.2 Å². The van der Waals surface area contributed by atoms with Crippen molar-refractivity contribution in [3.63, 3.8) is 0 Å². The van der Waals surface area contributed by atoms with E-state index < -0.39 is 0 Å². The molecular weight excluding hydrogens is 372 g/mol. The summed E-state index contributed by atoms with van der Waals surface area (Å²) in [5.41, 5.74) is 2.68. The van der Waals surface area contributed by atoms with Crippen LogP contribution in [0.3, 0.4) is 0 Å². The Morgan fingerprint density at radius 2 is 1.57 bits per heavy atom. The molecule has 1 saturated heterocycles. The molecule has 3 aromatic rings. The molecule has 0 aromatic heterocycles.